The number of nitrogens with one attached hydrogen (secondary N) is 1. The molecule has 0 saturated heterocycles. The van der Waals surface area contributed by atoms with Gasteiger partial charge in [0.2, 0.25) is 0 Å². The van der Waals surface area contributed by atoms with Gasteiger partial charge in [0.25, 0.3) is 0 Å². The first-order chi connectivity index (χ1) is 9.58. The second-order valence-electron chi connectivity index (χ2n) is 3.76. The summed E-state index contributed by atoms with van der Waals surface area (Å²) in [7, 11) is 0. The summed E-state index contributed by atoms with van der Waals surface area (Å²) < 4.78 is 29.1. The summed E-state index contributed by atoms with van der Waals surface area (Å²) in [6.07, 6.45) is 1.54. The van der Waals surface area contributed by atoms with E-state index >= 15 is 0 Å². The smallest absolute Gasteiger partial charge is 0.387 e. The molecule has 0 saturated carbocycles. The van der Waals surface area contributed by atoms with E-state index in [1.165, 1.54) is 6.07 Å². The average molecular weight is 295 g/mol. The molecule has 0 radical (unpaired) electrons. The Labute approximate surface area is 119 Å². The Morgan fingerprint density at radius 1 is 1.25 bits per heavy atom. The molecule has 4 nitrogen and oxygen atoms in total. The van der Waals surface area contributed by atoms with Crippen molar-refractivity contribution in [3.63, 3.8) is 0 Å². The molecule has 1 aromatic carbocycles. The van der Waals surface area contributed by atoms with E-state index in [2.05, 4.69) is 15.0 Å². The summed E-state index contributed by atoms with van der Waals surface area (Å²) in [5.74, 6) is 0.396. The lowest BCUT2D eigenvalue weighted by Crippen LogP contribution is -2.13. The number of thiocarbonyl (C=S) groups is 1. The Kier molecular flexibility index (Phi) is 4.41. The van der Waals surface area contributed by atoms with Gasteiger partial charge in [-0.15, -0.1) is 0 Å². The zero-order chi connectivity index (χ0) is 14.5. The van der Waals surface area contributed by atoms with Crippen LogP contribution in [0.2, 0.25) is 0 Å². The number of ether oxygens (including phenoxy) is 1. The number of nitrogens with two attached hydrogens (primary N) is 1. The lowest BCUT2D eigenvalue weighted by Gasteiger charge is -2.13. The van der Waals surface area contributed by atoms with Crippen molar-refractivity contribution < 1.29 is 13.5 Å². The van der Waals surface area contributed by atoms with Crippen LogP contribution in [0.3, 0.4) is 0 Å². The van der Waals surface area contributed by atoms with Crippen LogP contribution < -0.4 is 15.8 Å². The molecule has 0 fully saturated rings. The molecule has 1 heterocycles. The van der Waals surface area contributed by atoms with Crippen LogP contribution in [-0.2, 0) is 0 Å². The van der Waals surface area contributed by atoms with Crippen molar-refractivity contribution in [2.75, 3.05) is 5.32 Å². The largest absolute Gasteiger partial charge is 0.433 e. The highest BCUT2D eigenvalue weighted by atomic mass is 32.1. The van der Waals surface area contributed by atoms with Gasteiger partial charge in [0.15, 0.2) is 0 Å². The third-order valence-corrected chi connectivity index (χ3v) is 2.65. The Bertz CT molecular complexity index is 622. The number of anilines is 2. The molecular formula is C13H11F2N3OS. The number of pyridine rings is 1. The van der Waals surface area contributed by atoms with Crippen molar-refractivity contribution in [2.24, 2.45) is 5.73 Å². The van der Waals surface area contributed by atoms with Crippen LogP contribution in [0, 0.1) is 0 Å². The molecule has 3 N–H and O–H groups in total. The predicted molar refractivity (Wildman–Crippen MR) is 76.5 cm³/mol. The Morgan fingerprint density at radius 3 is 2.70 bits per heavy atom. The SMILES string of the molecule is NC(=S)c1cccnc1Nc1ccccc1OC(F)F. The first-order valence-electron chi connectivity index (χ1n) is 5.63. The number of rotatable bonds is 5. The van der Waals surface area contributed by atoms with Crippen molar-refractivity contribution in [1.82, 2.24) is 4.98 Å². The summed E-state index contributed by atoms with van der Waals surface area (Å²) in [6.45, 7) is -2.91. The standard InChI is InChI=1S/C13H11F2N3OS/c14-13(15)19-10-6-2-1-5-9(10)18-12-8(11(16)20)4-3-7-17-12/h1-7,13H,(H2,16,20)(H,17,18). The molecule has 0 bridgehead atoms. The van der Waals surface area contributed by atoms with Crippen molar-refractivity contribution in [3.05, 3.63) is 48.2 Å². The van der Waals surface area contributed by atoms with Crippen LogP contribution in [-0.4, -0.2) is 16.6 Å². The van der Waals surface area contributed by atoms with Crippen molar-refractivity contribution >= 4 is 28.7 Å². The van der Waals surface area contributed by atoms with Crippen LogP contribution in [0.15, 0.2) is 42.6 Å². The van der Waals surface area contributed by atoms with Crippen LogP contribution in [0.1, 0.15) is 5.56 Å². The van der Waals surface area contributed by atoms with E-state index in [0.717, 1.165) is 0 Å². The third kappa shape index (κ3) is 3.39. The number of benzene rings is 1. The molecule has 0 aliphatic heterocycles. The molecular weight excluding hydrogens is 284 g/mol. The minimum atomic E-state index is -2.91. The van der Waals surface area contributed by atoms with Gasteiger partial charge in [0.1, 0.15) is 16.6 Å². The van der Waals surface area contributed by atoms with E-state index in [0.29, 0.717) is 17.1 Å². The quantitative estimate of drug-likeness (QED) is 0.830. The fraction of sp³-hybridized carbons (Fsp3) is 0.0769. The lowest BCUT2D eigenvalue weighted by atomic mass is 10.2. The highest BCUT2D eigenvalue weighted by Crippen LogP contribution is 2.29. The van der Waals surface area contributed by atoms with Crippen molar-refractivity contribution in [3.8, 4) is 5.75 Å². The molecule has 20 heavy (non-hydrogen) atoms. The number of aromatic nitrogens is 1. The highest BCUT2D eigenvalue weighted by Gasteiger charge is 2.12. The molecule has 0 amide bonds. The van der Waals surface area contributed by atoms with Crippen LogP contribution >= 0.6 is 12.2 Å². The maximum atomic E-state index is 12.3. The Hall–Kier alpha value is -2.28. The zero-order valence-corrected chi connectivity index (χ0v) is 11.0. The molecule has 2 rings (SSSR count). The minimum Gasteiger partial charge on any atom is -0.433 e. The summed E-state index contributed by atoms with van der Waals surface area (Å²) in [5.41, 5.74) is 6.46. The van der Waals surface area contributed by atoms with E-state index in [9.17, 15) is 8.78 Å². The summed E-state index contributed by atoms with van der Waals surface area (Å²) in [4.78, 5) is 4.25. The fourth-order valence-electron chi connectivity index (χ4n) is 1.60. The molecule has 0 atom stereocenters. The molecule has 7 heteroatoms. The van der Waals surface area contributed by atoms with E-state index in [-0.39, 0.29) is 10.7 Å². The van der Waals surface area contributed by atoms with Crippen LogP contribution in [0.5, 0.6) is 5.75 Å². The molecule has 2 aromatic rings. The van der Waals surface area contributed by atoms with Gasteiger partial charge in [-0.1, -0.05) is 24.4 Å². The van der Waals surface area contributed by atoms with Gasteiger partial charge in [-0.05, 0) is 24.3 Å². The van der Waals surface area contributed by atoms with E-state index in [1.54, 1.807) is 36.5 Å². The topological polar surface area (TPSA) is 60.2 Å². The van der Waals surface area contributed by atoms with Gasteiger partial charge in [-0.25, -0.2) is 4.98 Å². The summed E-state index contributed by atoms with van der Waals surface area (Å²) >= 11 is 4.92. The van der Waals surface area contributed by atoms with Gasteiger partial charge in [-0.3, -0.25) is 0 Å². The number of alkyl halides is 2. The summed E-state index contributed by atoms with van der Waals surface area (Å²) in [6, 6.07) is 9.67. The van der Waals surface area contributed by atoms with E-state index < -0.39 is 6.61 Å². The van der Waals surface area contributed by atoms with Gasteiger partial charge in [0.05, 0.1) is 11.3 Å². The van der Waals surface area contributed by atoms with Crippen molar-refractivity contribution in [2.45, 2.75) is 6.61 Å². The summed E-state index contributed by atoms with van der Waals surface area (Å²) in [5, 5.41) is 2.89. The molecule has 0 unspecified atom stereocenters. The second-order valence-corrected chi connectivity index (χ2v) is 4.20. The average Bonchev–Trinajstić information content (AvgIpc) is 2.41. The molecule has 0 spiro atoms. The van der Waals surface area contributed by atoms with Crippen LogP contribution in [0.4, 0.5) is 20.3 Å². The van der Waals surface area contributed by atoms with Gasteiger partial charge < -0.3 is 15.8 Å². The first-order valence-corrected chi connectivity index (χ1v) is 6.04. The second kappa shape index (κ2) is 6.25. The molecule has 104 valence electrons. The number of nitrogens with zero attached hydrogens (tertiary/aromatic N) is 1. The number of hydrogen-bond donors (Lipinski definition) is 2. The third-order valence-electron chi connectivity index (χ3n) is 2.43. The van der Waals surface area contributed by atoms with Gasteiger partial charge in [0, 0.05) is 6.20 Å². The number of hydrogen-bond acceptors (Lipinski definition) is 4. The van der Waals surface area contributed by atoms with E-state index in [1.807, 2.05) is 0 Å². The zero-order valence-electron chi connectivity index (χ0n) is 10.2. The minimum absolute atomic E-state index is 0.0158. The maximum absolute atomic E-state index is 12.3. The normalized spacial score (nSPS) is 10.3. The first kappa shape index (κ1) is 14.1. The van der Waals surface area contributed by atoms with Gasteiger partial charge >= 0.3 is 6.61 Å². The molecule has 1 aromatic heterocycles. The van der Waals surface area contributed by atoms with Gasteiger partial charge in [-0.2, -0.15) is 8.78 Å². The number of para-hydroxylation sites is 2. The highest BCUT2D eigenvalue weighted by molar-refractivity contribution is 7.80. The maximum Gasteiger partial charge on any atom is 0.387 e. The Morgan fingerprint density at radius 2 is 2.00 bits per heavy atom. The predicted octanol–water partition coefficient (Wildman–Crippen LogP) is 3.06. The molecule has 0 aliphatic carbocycles. The van der Waals surface area contributed by atoms with E-state index in [4.69, 9.17) is 18.0 Å². The monoisotopic (exact) mass is 295 g/mol. The number of halogens is 2. The van der Waals surface area contributed by atoms with Crippen molar-refractivity contribution in [1.29, 1.82) is 0 Å². The Balaban J connectivity index is 2.33. The molecule has 0 aliphatic rings. The van der Waals surface area contributed by atoms with Crippen LogP contribution in [0.25, 0.3) is 0 Å². The fourth-order valence-corrected chi connectivity index (χ4v) is 1.76. The lowest BCUT2D eigenvalue weighted by molar-refractivity contribution is -0.0493.